The van der Waals surface area contributed by atoms with Crippen LogP contribution < -0.4 is 0 Å². The Labute approximate surface area is 160 Å². The molecular weight excluding hydrogens is 372 g/mol. The van der Waals surface area contributed by atoms with Crippen LogP contribution in [0.3, 0.4) is 0 Å². The summed E-state index contributed by atoms with van der Waals surface area (Å²) in [6.07, 6.45) is 0. The molecular formula is C18H19ClN4O2S. The molecule has 1 aliphatic heterocycles. The molecule has 0 bridgehead atoms. The third-order valence-electron chi connectivity index (χ3n) is 4.47. The second kappa shape index (κ2) is 7.26. The molecule has 1 fully saturated rings. The van der Waals surface area contributed by atoms with Gasteiger partial charge in [-0.3, -0.25) is 14.8 Å². The van der Waals surface area contributed by atoms with Gasteiger partial charge in [0.15, 0.2) is 11.5 Å². The van der Waals surface area contributed by atoms with Crippen molar-refractivity contribution >= 4 is 28.8 Å². The number of aryl methyl sites for hydroxylation is 1. The lowest BCUT2D eigenvalue weighted by molar-refractivity contribution is 0.0624. The number of halogens is 1. The Bertz CT molecular complexity index is 908. The minimum atomic E-state index is -0.0467. The molecule has 0 spiro atoms. The average Bonchev–Trinajstić information content (AvgIpc) is 3.36. The van der Waals surface area contributed by atoms with E-state index in [1.807, 2.05) is 30.0 Å². The Kier molecular flexibility index (Phi) is 4.84. The van der Waals surface area contributed by atoms with Crippen molar-refractivity contribution in [3.8, 4) is 11.5 Å². The van der Waals surface area contributed by atoms with Gasteiger partial charge in [0.1, 0.15) is 11.5 Å². The second-order valence-electron chi connectivity index (χ2n) is 6.35. The maximum Gasteiger partial charge on any atom is 0.274 e. The third-order valence-corrected chi connectivity index (χ3v) is 5.69. The fourth-order valence-electron chi connectivity index (χ4n) is 3.06. The molecule has 1 amide bonds. The van der Waals surface area contributed by atoms with Gasteiger partial charge in [0.25, 0.3) is 5.91 Å². The number of rotatable bonds is 4. The average molecular weight is 391 g/mol. The summed E-state index contributed by atoms with van der Waals surface area (Å²) >= 11 is 7.60. The molecule has 136 valence electrons. The molecule has 1 saturated heterocycles. The SMILES string of the molecule is Cc1ccc(-c2cc(C(=O)N3CCN(Cc4ccc(Cl)s4)CC3)n[nH]2)o1. The van der Waals surface area contributed by atoms with Gasteiger partial charge in [-0.15, -0.1) is 11.3 Å². The monoisotopic (exact) mass is 390 g/mol. The Hall–Kier alpha value is -2.09. The number of hydrogen-bond donors (Lipinski definition) is 1. The molecule has 1 N–H and O–H groups in total. The number of aromatic nitrogens is 2. The van der Waals surface area contributed by atoms with Gasteiger partial charge in [-0.1, -0.05) is 11.6 Å². The summed E-state index contributed by atoms with van der Waals surface area (Å²) in [4.78, 5) is 18.1. The molecule has 0 aliphatic carbocycles. The van der Waals surface area contributed by atoms with E-state index in [1.165, 1.54) is 4.88 Å². The molecule has 0 unspecified atom stereocenters. The number of nitrogens with one attached hydrogen (secondary N) is 1. The zero-order valence-electron chi connectivity index (χ0n) is 14.4. The third kappa shape index (κ3) is 3.70. The smallest absolute Gasteiger partial charge is 0.274 e. The van der Waals surface area contributed by atoms with Gasteiger partial charge in [-0.05, 0) is 31.2 Å². The Morgan fingerprint density at radius 3 is 2.73 bits per heavy atom. The van der Waals surface area contributed by atoms with Crippen LogP contribution in [0.5, 0.6) is 0 Å². The van der Waals surface area contributed by atoms with E-state index in [2.05, 4.69) is 21.2 Å². The topological polar surface area (TPSA) is 65.4 Å². The van der Waals surface area contributed by atoms with E-state index in [9.17, 15) is 4.79 Å². The largest absolute Gasteiger partial charge is 0.460 e. The molecule has 3 aromatic rings. The van der Waals surface area contributed by atoms with Gasteiger partial charge in [-0.25, -0.2) is 0 Å². The fourth-order valence-corrected chi connectivity index (χ4v) is 4.20. The van der Waals surface area contributed by atoms with Crippen molar-refractivity contribution < 1.29 is 9.21 Å². The van der Waals surface area contributed by atoms with E-state index >= 15 is 0 Å². The van der Waals surface area contributed by atoms with E-state index in [-0.39, 0.29) is 5.91 Å². The highest BCUT2D eigenvalue weighted by atomic mass is 35.5. The maximum absolute atomic E-state index is 12.7. The number of thiophene rings is 1. The number of amides is 1. The number of carbonyl (C=O) groups is 1. The zero-order valence-corrected chi connectivity index (χ0v) is 15.9. The summed E-state index contributed by atoms with van der Waals surface area (Å²) < 4.78 is 6.38. The van der Waals surface area contributed by atoms with Crippen molar-refractivity contribution in [2.45, 2.75) is 13.5 Å². The predicted molar refractivity (Wildman–Crippen MR) is 102 cm³/mol. The van der Waals surface area contributed by atoms with E-state index in [4.69, 9.17) is 16.0 Å². The van der Waals surface area contributed by atoms with Gasteiger partial charge in [-0.2, -0.15) is 5.10 Å². The van der Waals surface area contributed by atoms with Crippen LogP contribution >= 0.6 is 22.9 Å². The van der Waals surface area contributed by atoms with Crippen molar-refractivity contribution in [1.82, 2.24) is 20.0 Å². The highest BCUT2D eigenvalue weighted by Crippen LogP contribution is 2.24. The van der Waals surface area contributed by atoms with Gasteiger partial charge in [0.2, 0.25) is 0 Å². The van der Waals surface area contributed by atoms with Crippen LogP contribution in [0.25, 0.3) is 11.5 Å². The minimum absolute atomic E-state index is 0.0467. The Morgan fingerprint density at radius 2 is 2.08 bits per heavy atom. The van der Waals surface area contributed by atoms with Crippen LogP contribution in [0.15, 0.2) is 34.7 Å². The van der Waals surface area contributed by atoms with Crippen LogP contribution in [0.1, 0.15) is 21.1 Å². The first-order valence-corrected chi connectivity index (χ1v) is 9.66. The molecule has 0 saturated carbocycles. The molecule has 4 rings (SSSR count). The molecule has 6 nitrogen and oxygen atoms in total. The molecule has 0 atom stereocenters. The molecule has 0 aromatic carbocycles. The lowest BCUT2D eigenvalue weighted by Crippen LogP contribution is -2.48. The van der Waals surface area contributed by atoms with Gasteiger partial charge >= 0.3 is 0 Å². The number of nitrogens with zero attached hydrogens (tertiary/aromatic N) is 3. The summed E-state index contributed by atoms with van der Waals surface area (Å²) in [7, 11) is 0. The number of piperazine rings is 1. The van der Waals surface area contributed by atoms with Crippen LogP contribution in [0.2, 0.25) is 4.34 Å². The summed E-state index contributed by atoms with van der Waals surface area (Å²) in [5, 5.41) is 7.05. The number of carbonyl (C=O) groups excluding carboxylic acids is 1. The summed E-state index contributed by atoms with van der Waals surface area (Å²) in [5.74, 6) is 1.47. The van der Waals surface area contributed by atoms with Crippen LogP contribution in [0, 0.1) is 6.92 Å². The number of aromatic amines is 1. The maximum atomic E-state index is 12.7. The highest BCUT2D eigenvalue weighted by molar-refractivity contribution is 7.16. The standard InChI is InChI=1S/C18H19ClN4O2S/c1-12-2-4-16(25-12)14-10-15(21-20-14)18(24)23-8-6-22(7-9-23)11-13-3-5-17(19)26-13/h2-5,10H,6-9,11H2,1H3,(H,20,21). The first kappa shape index (κ1) is 17.3. The fraction of sp³-hybridized carbons (Fsp3) is 0.333. The molecule has 26 heavy (non-hydrogen) atoms. The lowest BCUT2D eigenvalue weighted by Gasteiger charge is -2.34. The van der Waals surface area contributed by atoms with Crippen molar-refractivity contribution in [2.75, 3.05) is 26.2 Å². The summed E-state index contributed by atoms with van der Waals surface area (Å²) in [6.45, 7) is 5.84. The normalized spacial score (nSPS) is 15.5. The van der Waals surface area contributed by atoms with E-state index in [0.717, 1.165) is 35.4 Å². The second-order valence-corrected chi connectivity index (χ2v) is 8.15. The molecule has 0 radical (unpaired) electrons. The molecule has 8 heteroatoms. The predicted octanol–water partition coefficient (Wildman–Crippen LogP) is 3.65. The summed E-state index contributed by atoms with van der Waals surface area (Å²) in [6, 6.07) is 9.49. The van der Waals surface area contributed by atoms with Gasteiger partial charge < -0.3 is 9.32 Å². The van der Waals surface area contributed by atoms with Gasteiger partial charge in [0.05, 0.1) is 4.34 Å². The number of hydrogen-bond acceptors (Lipinski definition) is 5. The molecule has 4 heterocycles. The van der Waals surface area contributed by atoms with E-state index in [0.29, 0.717) is 24.5 Å². The van der Waals surface area contributed by atoms with Crippen LogP contribution in [-0.4, -0.2) is 52.1 Å². The number of H-pyrrole nitrogens is 1. The zero-order chi connectivity index (χ0) is 18.1. The van der Waals surface area contributed by atoms with Crippen molar-refractivity contribution in [3.05, 3.63) is 51.0 Å². The van der Waals surface area contributed by atoms with E-state index < -0.39 is 0 Å². The van der Waals surface area contributed by atoms with E-state index in [1.54, 1.807) is 17.4 Å². The Morgan fingerprint density at radius 1 is 1.27 bits per heavy atom. The van der Waals surface area contributed by atoms with Crippen LogP contribution in [0.4, 0.5) is 0 Å². The van der Waals surface area contributed by atoms with Crippen molar-refractivity contribution in [1.29, 1.82) is 0 Å². The lowest BCUT2D eigenvalue weighted by atomic mass is 10.2. The van der Waals surface area contributed by atoms with Crippen LogP contribution in [-0.2, 0) is 6.54 Å². The Balaban J connectivity index is 1.35. The van der Waals surface area contributed by atoms with Crippen molar-refractivity contribution in [3.63, 3.8) is 0 Å². The summed E-state index contributed by atoms with van der Waals surface area (Å²) in [5.41, 5.74) is 1.14. The number of furan rings is 1. The van der Waals surface area contributed by atoms with Crippen molar-refractivity contribution in [2.24, 2.45) is 0 Å². The minimum Gasteiger partial charge on any atom is -0.460 e. The molecule has 1 aliphatic rings. The first-order chi connectivity index (χ1) is 12.6. The highest BCUT2D eigenvalue weighted by Gasteiger charge is 2.24. The molecule has 3 aromatic heterocycles. The quantitative estimate of drug-likeness (QED) is 0.738. The van der Waals surface area contributed by atoms with Gasteiger partial charge in [0, 0.05) is 43.7 Å². The first-order valence-electron chi connectivity index (χ1n) is 8.46.